The maximum absolute atomic E-state index is 13.1. The van der Waals surface area contributed by atoms with Crippen molar-refractivity contribution in [3.05, 3.63) is 63.2 Å². The van der Waals surface area contributed by atoms with Crippen LogP contribution in [0.1, 0.15) is 32.7 Å². The van der Waals surface area contributed by atoms with E-state index in [-0.39, 0.29) is 23.4 Å². The Bertz CT molecular complexity index is 1100. The van der Waals surface area contributed by atoms with E-state index in [1.54, 1.807) is 38.4 Å². The first-order chi connectivity index (χ1) is 15.8. The lowest BCUT2D eigenvalue weighted by Crippen LogP contribution is -2.34. The molecule has 10 heteroatoms. The number of rotatable bonds is 7. The molecule has 1 aliphatic rings. The highest BCUT2D eigenvalue weighted by molar-refractivity contribution is 5.99. The normalized spacial score (nSPS) is 13.1. The number of carbonyl (C=O) groups excluding carboxylic acids is 2. The van der Waals surface area contributed by atoms with Crippen LogP contribution in [0, 0.1) is 10.1 Å². The molecule has 174 valence electrons. The van der Waals surface area contributed by atoms with E-state index < -0.39 is 16.8 Å². The zero-order valence-corrected chi connectivity index (χ0v) is 18.7. The number of carbonyl (C=O) groups is 2. The molecule has 0 bridgehead atoms. The molecule has 0 fully saturated rings. The molecule has 0 radical (unpaired) electrons. The molecule has 0 N–H and O–H groups in total. The van der Waals surface area contributed by atoms with Gasteiger partial charge in [0.1, 0.15) is 17.2 Å². The second-order valence-electron chi connectivity index (χ2n) is 7.15. The molecule has 2 aromatic carbocycles. The fourth-order valence-electron chi connectivity index (χ4n) is 3.66. The monoisotopic (exact) mass is 456 g/mol. The number of ether oxygens (including phenoxy) is 4. The number of methoxy groups -OCH3 is 4. The second-order valence-corrected chi connectivity index (χ2v) is 7.15. The highest BCUT2D eigenvalue weighted by Gasteiger charge is 2.26. The minimum absolute atomic E-state index is 0.0426. The van der Waals surface area contributed by atoms with Crippen LogP contribution in [-0.2, 0) is 4.74 Å². The zero-order valence-electron chi connectivity index (χ0n) is 18.7. The molecule has 0 unspecified atom stereocenters. The van der Waals surface area contributed by atoms with E-state index in [2.05, 4.69) is 4.74 Å². The maximum atomic E-state index is 13.1. The second kappa shape index (κ2) is 10.0. The van der Waals surface area contributed by atoms with Crippen LogP contribution >= 0.6 is 0 Å². The van der Waals surface area contributed by atoms with E-state index in [0.29, 0.717) is 30.2 Å². The molecule has 0 aromatic heterocycles. The predicted octanol–water partition coefficient (Wildman–Crippen LogP) is 3.34. The van der Waals surface area contributed by atoms with Gasteiger partial charge in [-0.3, -0.25) is 14.9 Å². The Labute approximate surface area is 190 Å². The van der Waals surface area contributed by atoms with Gasteiger partial charge in [-0.2, -0.15) is 0 Å². The largest absolute Gasteiger partial charge is 0.496 e. The summed E-state index contributed by atoms with van der Waals surface area (Å²) in [5, 5.41) is 11.3. The van der Waals surface area contributed by atoms with Gasteiger partial charge in [0.25, 0.3) is 11.6 Å². The van der Waals surface area contributed by atoms with E-state index in [0.717, 1.165) is 23.3 Å². The average molecular weight is 456 g/mol. The van der Waals surface area contributed by atoms with Gasteiger partial charge in [0, 0.05) is 42.9 Å². The van der Waals surface area contributed by atoms with E-state index in [4.69, 9.17) is 14.2 Å². The van der Waals surface area contributed by atoms with Gasteiger partial charge in [-0.15, -0.1) is 0 Å². The van der Waals surface area contributed by atoms with Crippen molar-refractivity contribution in [2.75, 3.05) is 41.5 Å². The first kappa shape index (κ1) is 23.6. The summed E-state index contributed by atoms with van der Waals surface area (Å²) in [6, 6.07) is 7.06. The number of nitrogens with zero attached hydrogens (tertiary/aromatic N) is 2. The van der Waals surface area contributed by atoms with Crippen molar-refractivity contribution in [2.24, 2.45) is 0 Å². The van der Waals surface area contributed by atoms with Gasteiger partial charge in [-0.05, 0) is 18.1 Å². The Balaban J connectivity index is 1.90. The molecule has 1 amide bonds. The summed E-state index contributed by atoms with van der Waals surface area (Å²) in [4.78, 5) is 37.1. The molecule has 0 atom stereocenters. The molecule has 10 nitrogen and oxygen atoms in total. The van der Waals surface area contributed by atoms with Gasteiger partial charge in [0.15, 0.2) is 0 Å². The zero-order chi connectivity index (χ0) is 24.1. The molecule has 33 heavy (non-hydrogen) atoms. The molecule has 0 saturated heterocycles. The third kappa shape index (κ3) is 4.89. The van der Waals surface area contributed by atoms with Gasteiger partial charge in [0.2, 0.25) is 0 Å². The van der Waals surface area contributed by atoms with Crippen molar-refractivity contribution < 1.29 is 33.5 Å². The topological polar surface area (TPSA) is 117 Å². The number of non-ortho nitro benzene ring substituents is 1. The van der Waals surface area contributed by atoms with E-state index in [9.17, 15) is 19.7 Å². The summed E-state index contributed by atoms with van der Waals surface area (Å²) in [5.41, 5.74) is 1.33. The Morgan fingerprint density at radius 1 is 0.939 bits per heavy atom. The molecule has 0 aliphatic carbocycles. The minimum Gasteiger partial charge on any atom is -0.496 e. The standard InChI is InChI=1S/C23H24N2O8/c1-30-18-12-19(31-2)21(20(13-18)32-3)14-5-7-24(8-6-14)22(26)15-9-16(23(27)33-4)11-17(10-15)25(28)29/h5,9-13H,6-8H2,1-4H3. The summed E-state index contributed by atoms with van der Waals surface area (Å²) in [7, 11) is 5.83. The fourth-order valence-corrected chi connectivity index (χ4v) is 3.66. The minimum atomic E-state index is -0.757. The first-order valence-corrected chi connectivity index (χ1v) is 9.99. The number of hydrogen-bond donors (Lipinski definition) is 0. The van der Waals surface area contributed by atoms with Gasteiger partial charge in [-0.25, -0.2) is 4.79 Å². The molecular weight excluding hydrogens is 432 g/mol. The first-order valence-electron chi connectivity index (χ1n) is 9.99. The van der Waals surface area contributed by atoms with Gasteiger partial charge >= 0.3 is 5.97 Å². The van der Waals surface area contributed by atoms with Crippen LogP contribution in [0.25, 0.3) is 5.57 Å². The Kier molecular flexibility index (Phi) is 7.17. The van der Waals surface area contributed by atoms with Crippen molar-refractivity contribution >= 4 is 23.1 Å². The van der Waals surface area contributed by atoms with Crippen LogP contribution in [0.15, 0.2) is 36.4 Å². The third-order valence-electron chi connectivity index (χ3n) is 5.33. The van der Waals surface area contributed by atoms with Crippen LogP contribution in [-0.4, -0.2) is 63.2 Å². The van der Waals surface area contributed by atoms with Crippen molar-refractivity contribution in [1.29, 1.82) is 0 Å². The maximum Gasteiger partial charge on any atom is 0.338 e. The highest BCUT2D eigenvalue weighted by Crippen LogP contribution is 2.41. The lowest BCUT2D eigenvalue weighted by atomic mass is 9.96. The molecule has 0 spiro atoms. The van der Waals surface area contributed by atoms with E-state index in [1.807, 2.05) is 6.08 Å². The average Bonchev–Trinajstić information content (AvgIpc) is 2.86. The SMILES string of the molecule is COC(=O)c1cc(C(=O)N2CC=C(c3c(OC)cc(OC)cc3OC)CC2)cc([N+](=O)[O-])c1. The summed E-state index contributed by atoms with van der Waals surface area (Å²) in [5.74, 6) is 0.574. The Hall–Kier alpha value is -4.08. The summed E-state index contributed by atoms with van der Waals surface area (Å²) in [6.07, 6.45) is 2.39. The van der Waals surface area contributed by atoms with Crippen LogP contribution < -0.4 is 14.2 Å². The number of hydrogen-bond acceptors (Lipinski definition) is 8. The van der Waals surface area contributed by atoms with Crippen molar-refractivity contribution in [1.82, 2.24) is 4.90 Å². The smallest absolute Gasteiger partial charge is 0.338 e. The van der Waals surface area contributed by atoms with Crippen LogP contribution in [0.5, 0.6) is 17.2 Å². The lowest BCUT2D eigenvalue weighted by Gasteiger charge is -2.28. The van der Waals surface area contributed by atoms with Crippen LogP contribution in [0.2, 0.25) is 0 Å². The van der Waals surface area contributed by atoms with Crippen LogP contribution in [0.4, 0.5) is 5.69 Å². The number of nitro groups is 1. The van der Waals surface area contributed by atoms with Gasteiger partial charge < -0.3 is 23.8 Å². The fraction of sp³-hybridized carbons (Fsp3) is 0.304. The molecule has 1 heterocycles. The molecule has 2 aromatic rings. The van der Waals surface area contributed by atoms with Crippen molar-refractivity contribution in [2.45, 2.75) is 6.42 Å². The summed E-state index contributed by atoms with van der Waals surface area (Å²) < 4.78 is 21.0. The quantitative estimate of drug-likeness (QED) is 0.354. The molecule has 3 rings (SSSR count). The van der Waals surface area contributed by atoms with Crippen molar-refractivity contribution in [3.63, 3.8) is 0 Å². The van der Waals surface area contributed by atoms with E-state index >= 15 is 0 Å². The highest BCUT2D eigenvalue weighted by atomic mass is 16.6. The number of benzene rings is 2. The molecular formula is C23H24N2O8. The van der Waals surface area contributed by atoms with Gasteiger partial charge in [0.05, 0.1) is 44.5 Å². The lowest BCUT2D eigenvalue weighted by molar-refractivity contribution is -0.384. The number of esters is 1. The van der Waals surface area contributed by atoms with Crippen molar-refractivity contribution in [3.8, 4) is 17.2 Å². The third-order valence-corrected chi connectivity index (χ3v) is 5.33. The van der Waals surface area contributed by atoms with Crippen LogP contribution in [0.3, 0.4) is 0 Å². The summed E-state index contributed by atoms with van der Waals surface area (Å²) >= 11 is 0. The molecule has 1 aliphatic heterocycles. The van der Waals surface area contributed by atoms with Gasteiger partial charge in [-0.1, -0.05) is 6.08 Å². The van der Waals surface area contributed by atoms with E-state index in [1.165, 1.54) is 13.2 Å². The Morgan fingerprint density at radius 2 is 1.58 bits per heavy atom. The summed E-state index contributed by atoms with van der Waals surface area (Å²) in [6.45, 7) is 0.627. The number of nitro benzene ring substituents is 1. The predicted molar refractivity (Wildman–Crippen MR) is 119 cm³/mol. The molecule has 0 saturated carbocycles. The Morgan fingerprint density at radius 3 is 2.06 bits per heavy atom. The number of amides is 1.